The van der Waals surface area contributed by atoms with Gasteiger partial charge in [0, 0.05) is 32.3 Å². The third-order valence-corrected chi connectivity index (χ3v) is 3.52. The van der Waals surface area contributed by atoms with Crippen LogP contribution in [0, 0.1) is 0 Å². The molecule has 24 heavy (non-hydrogen) atoms. The van der Waals surface area contributed by atoms with Gasteiger partial charge in [-0.25, -0.2) is 4.99 Å². The molecule has 0 aliphatic rings. The number of carbonyl (C=O) groups is 1. The van der Waals surface area contributed by atoms with Gasteiger partial charge in [0.05, 0.1) is 12.1 Å². The highest BCUT2D eigenvalue weighted by Crippen LogP contribution is 2.07. The quantitative estimate of drug-likeness (QED) is 0.501. The Balaban J connectivity index is 2.75. The van der Waals surface area contributed by atoms with Crippen molar-refractivity contribution in [2.45, 2.75) is 39.8 Å². The summed E-state index contributed by atoms with van der Waals surface area (Å²) in [6, 6.07) is 7.53. The lowest BCUT2D eigenvalue weighted by Crippen LogP contribution is -2.45. The van der Waals surface area contributed by atoms with Crippen molar-refractivity contribution in [3.05, 3.63) is 35.4 Å². The normalized spacial score (nSPS) is 12.0. The molecule has 0 aliphatic carbocycles. The smallest absolute Gasteiger partial charge is 0.251 e. The van der Waals surface area contributed by atoms with Gasteiger partial charge in [-0.1, -0.05) is 12.1 Å². The minimum absolute atomic E-state index is 0.0600. The lowest BCUT2D eigenvalue weighted by atomic mass is 10.1. The van der Waals surface area contributed by atoms with Crippen LogP contribution in [0.5, 0.6) is 0 Å². The van der Waals surface area contributed by atoms with Gasteiger partial charge in [0.1, 0.15) is 0 Å². The third kappa shape index (κ3) is 7.00. The molecule has 134 valence electrons. The Kier molecular flexibility index (Phi) is 8.26. The van der Waals surface area contributed by atoms with Crippen LogP contribution in [0.4, 0.5) is 0 Å². The minimum Gasteiger partial charge on any atom is -0.377 e. The molecular weight excluding hydrogens is 304 g/mol. The molecule has 0 atom stereocenters. The Bertz CT molecular complexity index is 556. The number of methoxy groups -OCH3 is 1. The third-order valence-electron chi connectivity index (χ3n) is 3.52. The molecule has 0 aliphatic heterocycles. The van der Waals surface area contributed by atoms with Crippen molar-refractivity contribution in [2.75, 3.05) is 26.7 Å². The van der Waals surface area contributed by atoms with Crippen LogP contribution in [-0.4, -0.2) is 44.2 Å². The Morgan fingerprint density at radius 1 is 1.17 bits per heavy atom. The predicted molar refractivity (Wildman–Crippen MR) is 98.4 cm³/mol. The molecule has 0 unspecified atom stereocenters. The van der Waals surface area contributed by atoms with Gasteiger partial charge in [0.25, 0.3) is 5.91 Å². The van der Waals surface area contributed by atoms with Crippen molar-refractivity contribution in [3.63, 3.8) is 0 Å². The van der Waals surface area contributed by atoms with Crippen molar-refractivity contribution in [3.8, 4) is 0 Å². The highest BCUT2D eigenvalue weighted by atomic mass is 16.5. The Morgan fingerprint density at radius 3 is 2.50 bits per heavy atom. The molecule has 0 spiro atoms. The van der Waals surface area contributed by atoms with Crippen molar-refractivity contribution in [1.29, 1.82) is 0 Å². The monoisotopic (exact) mass is 334 g/mol. The van der Waals surface area contributed by atoms with Gasteiger partial charge in [-0.2, -0.15) is 0 Å². The first-order valence-electron chi connectivity index (χ1n) is 8.36. The molecule has 0 fully saturated rings. The summed E-state index contributed by atoms with van der Waals surface area (Å²) in [5.74, 6) is 0.668. The van der Waals surface area contributed by atoms with E-state index in [2.05, 4.69) is 20.9 Å². The SMILES string of the molecule is CCNC(=O)c1cccc(CN=C(NCC)NCC(C)(C)OC)c1. The van der Waals surface area contributed by atoms with E-state index in [-0.39, 0.29) is 11.5 Å². The molecule has 0 aromatic heterocycles. The molecule has 3 N–H and O–H groups in total. The average Bonchev–Trinajstić information content (AvgIpc) is 2.58. The zero-order chi connectivity index (χ0) is 18.0. The second kappa shape index (κ2) is 9.93. The number of aliphatic imine (C=N–C) groups is 1. The van der Waals surface area contributed by atoms with Crippen LogP contribution >= 0.6 is 0 Å². The van der Waals surface area contributed by atoms with E-state index in [1.807, 2.05) is 52.0 Å². The van der Waals surface area contributed by atoms with Gasteiger partial charge in [0.15, 0.2) is 5.96 Å². The average molecular weight is 334 g/mol. The molecule has 1 amide bonds. The number of hydrogen-bond acceptors (Lipinski definition) is 3. The van der Waals surface area contributed by atoms with Crippen LogP contribution < -0.4 is 16.0 Å². The summed E-state index contributed by atoms with van der Waals surface area (Å²) in [5, 5.41) is 9.29. The van der Waals surface area contributed by atoms with Gasteiger partial charge in [-0.3, -0.25) is 4.79 Å². The van der Waals surface area contributed by atoms with E-state index < -0.39 is 0 Å². The van der Waals surface area contributed by atoms with E-state index in [1.165, 1.54) is 0 Å². The van der Waals surface area contributed by atoms with Gasteiger partial charge in [0.2, 0.25) is 0 Å². The summed E-state index contributed by atoms with van der Waals surface area (Å²) in [5.41, 5.74) is 1.37. The van der Waals surface area contributed by atoms with Gasteiger partial charge < -0.3 is 20.7 Å². The van der Waals surface area contributed by atoms with Crippen molar-refractivity contribution < 1.29 is 9.53 Å². The highest BCUT2D eigenvalue weighted by molar-refractivity contribution is 5.94. The van der Waals surface area contributed by atoms with Gasteiger partial charge in [-0.05, 0) is 45.4 Å². The van der Waals surface area contributed by atoms with Crippen LogP contribution in [0.1, 0.15) is 43.6 Å². The molecule has 0 radical (unpaired) electrons. The summed E-state index contributed by atoms with van der Waals surface area (Å²) in [6.45, 7) is 10.5. The van der Waals surface area contributed by atoms with Crippen LogP contribution in [0.2, 0.25) is 0 Å². The molecule has 1 aromatic rings. The number of ether oxygens (including phenoxy) is 1. The van der Waals surface area contributed by atoms with Crippen LogP contribution in [0.25, 0.3) is 0 Å². The molecule has 0 heterocycles. The van der Waals surface area contributed by atoms with Crippen molar-refractivity contribution in [2.24, 2.45) is 4.99 Å². The first-order chi connectivity index (χ1) is 11.4. The molecule has 1 rings (SSSR count). The first-order valence-corrected chi connectivity index (χ1v) is 8.36. The van der Waals surface area contributed by atoms with E-state index in [9.17, 15) is 4.79 Å². The van der Waals surface area contributed by atoms with E-state index in [0.29, 0.717) is 25.2 Å². The van der Waals surface area contributed by atoms with Gasteiger partial charge in [-0.15, -0.1) is 0 Å². The molecule has 0 saturated heterocycles. The number of carbonyl (C=O) groups excluding carboxylic acids is 1. The van der Waals surface area contributed by atoms with E-state index >= 15 is 0 Å². The maximum atomic E-state index is 11.9. The van der Waals surface area contributed by atoms with E-state index in [4.69, 9.17) is 4.74 Å². The van der Waals surface area contributed by atoms with E-state index in [1.54, 1.807) is 7.11 Å². The number of benzene rings is 1. The lowest BCUT2D eigenvalue weighted by molar-refractivity contribution is 0.0268. The molecule has 0 bridgehead atoms. The Hall–Kier alpha value is -2.08. The fraction of sp³-hybridized carbons (Fsp3) is 0.556. The number of rotatable bonds is 8. The molecule has 6 nitrogen and oxygen atoms in total. The molecule has 6 heteroatoms. The predicted octanol–water partition coefficient (Wildman–Crippen LogP) is 1.92. The van der Waals surface area contributed by atoms with Gasteiger partial charge >= 0.3 is 0 Å². The van der Waals surface area contributed by atoms with Crippen LogP contribution in [0.3, 0.4) is 0 Å². The molecular formula is C18H30N4O2. The largest absolute Gasteiger partial charge is 0.377 e. The second-order valence-corrected chi connectivity index (χ2v) is 6.07. The topological polar surface area (TPSA) is 74.8 Å². The van der Waals surface area contributed by atoms with Crippen molar-refractivity contribution in [1.82, 2.24) is 16.0 Å². The zero-order valence-electron chi connectivity index (χ0n) is 15.4. The maximum absolute atomic E-state index is 11.9. The van der Waals surface area contributed by atoms with E-state index in [0.717, 1.165) is 18.1 Å². The summed E-state index contributed by atoms with van der Waals surface area (Å²) < 4.78 is 5.40. The zero-order valence-corrected chi connectivity index (χ0v) is 15.4. The fourth-order valence-corrected chi connectivity index (χ4v) is 1.95. The number of hydrogen-bond donors (Lipinski definition) is 3. The number of amides is 1. The van der Waals surface area contributed by atoms with Crippen LogP contribution in [-0.2, 0) is 11.3 Å². The Morgan fingerprint density at radius 2 is 1.88 bits per heavy atom. The molecule has 0 saturated carbocycles. The summed E-state index contributed by atoms with van der Waals surface area (Å²) in [7, 11) is 1.69. The first kappa shape index (κ1) is 20.0. The summed E-state index contributed by atoms with van der Waals surface area (Å²) >= 11 is 0. The number of guanidine groups is 1. The number of nitrogens with one attached hydrogen (secondary N) is 3. The minimum atomic E-state index is -0.269. The number of nitrogens with zero attached hydrogens (tertiary/aromatic N) is 1. The Labute approximate surface area is 145 Å². The second-order valence-electron chi connectivity index (χ2n) is 6.07. The summed E-state index contributed by atoms with van der Waals surface area (Å²) in [4.78, 5) is 16.5. The lowest BCUT2D eigenvalue weighted by Gasteiger charge is -2.24. The summed E-state index contributed by atoms with van der Waals surface area (Å²) in [6.07, 6.45) is 0. The van der Waals surface area contributed by atoms with Crippen molar-refractivity contribution >= 4 is 11.9 Å². The van der Waals surface area contributed by atoms with Crippen LogP contribution in [0.15, 0.2) is 29.3 Å². The fourth-order valence-electron chi connectivity index (χ4n) is 1.95. The maximum Gasteiger partial charge on any atom is 0.251 e. The highest BCUT2D eigenvalue weighted by Gasteiger charge is 2.16. The molecule has 1 aromatic carbocycles. The standard InChI is InChI=1S/C18H30N4O2/c1-6-19-16(23)15-10-8-9-14(11-15)12-21-17(20-7-2)22-13-18(3,4)24-5/h8-11H,6-7,12-13H2,1-5H3,(H,19,23)(H2,20,21,22).